The highest BCUT2D eigenvalue weighted by Crippen LogP contribution is 2.32. The highest BCUT2D eigenvalue weighted by Gasteiger charge is 2.45. The monoisotopic (exact) mass is 286 g/mol. The molecule has 2 heterocycles. The van der Waals surface area contributed by atoms with Crippen LogP contribution in [0.25, 0.3) is 0 Å². The van der Waals surface area contributed by atoms with Gasteiger partial charge in [-0.05, 0) is 6.92 Å². The maximum absolute atomic E-state index is 11.3. The number of rotatable bonds is 5. The van der Waals surface area contributed by atoms with Crippen molar-refractivity contribution in [2.45, 2.75) is 31.5 Å². The van der Waals surface area contributed by atoms with Crippen LogP contribution in [0.3, 0.4) is 0 Å². The number of aliphatic hydroxyl groups excluding tert-OH is 2. The average molecular weight is 286 g/mol. The SMILES string of the molecule is CCOc1nc(=O)ccn1[C@@H]1O[C@H](CO)[C@@H](O)[C@H]1OC. The van der Waals surface area contributed by atoms with E-state index in [2.05, 4.69) is 4.98 Å². The Labute approximate surface area is 115 Å². The number of aromatic nitrogens is 2. The first-order valence-corrected chi connectivity index (χ1v) is 6.31. The first-order chi connectivity index (χ1) is 9.62. The van der Waals surface area contributed by atoms with Crippen molar-refractivity contribution >= 4 is 0 Å². The number of methoxy groups -OCH3 is 1. The molecular weight excluding hydrogens is 268 g/mol. The van der Waals surface area contributed by atoms with Crippen LogP contribution in [-0.4, -0.2) is 58.4 Å². The second-order valence-electron chi connectivity index (χ2n) is 4.33. The zero-order valence-electron chi connectivity index (χ0n) is 11.3. The second kappa shape index (κ2) is 6.31. The molecule has 112 valence electrons. The number of aliphatic hydroxyl groups is 2. The molecule has 8 nitrogen and oxygen atoms in total. The molecule has 1 saturated heterocycles. The van der Waals surface area contributed by atoms with Crippen molar-refractivity contribution in [2.24, 2.45) is 0 Å². The van der Waals surface area contributed by atoms with Crippen molar-refractivity contribution in [1.82, 2.24) is 9.55 Å². The van der Waals surface area contributed by atoms with E-state index in [1.165, 1.54) is 23.9 Å². The van der Waals surface area contributed by atoms with Crippen molar-refractivity contribution in [3.8, 4) is 6.01 Å². The van der Waals surface area contributed by atoms with Crippen LogP contribution in [-0.2, 0) is 9.47 Å². The molecule has 1 aromatic heterocycles. The van der Waals surface area contributed by atoms with Crippen LogP contribution in [0.5, 0.6) is 6.01 Å². The molecule has 2 rings (SSSR count). The molecule has 0 aromatic carbocycles. The van der Waals surface area contributed by atoms with Gasteiger partial charge in [-0.3, -0.25) is 9.36 Å². The normalized spacial score (nSPS) is 29.6. The number of hydrogen-bond acceptors (Lipinski definition) is 7. The van der Waals surface area contributed by atoms with Crippen LogP contribution >= 0.6 is 0 Å². The van der Waals surface area contributed by atoms with Crippen LogP contribution in [0.15, 0.2) is 17.1 Å². The first kappa shape index (κ1) is 14.9. The molecule has 2 N–H and O–H groups in total. The fourth-order valence-electron chi connectivity index (χ4n) is 2.17. The quantitative estimate of drug-likeness (QED) is 0.708. The summed E-state index contributed by atoms with van der Waals surface area (Å²) in [6.07, 6.45) is -1.72. The lowest BCUT2D eigenvalue weighted by Gasteiger charge is -2.22. The molecule has 1 aliphatic rings. The molecule has 20 heavy (non-hydrogen) atoms. The maximum atomic E-state index is 11.3. The smallest absolute Gasteiger partial charge is 0.301 e. The Morgan fingerprint density at radius 1 is 1.55 bits per heavy atom. The minimum atomic E-state index is -0.982. The van der Waals surface area contributed by atoms with Gasteiger partial charge in [-0.15, -0.1) is 0 Å². The molecule has 1 fully saturated rings. The Hall–Kier alpha value is -1.48. The summed E-state index contributed by atoms with van der Waals surface area (Å²) in [5.74, 6) is 0. The van der Waals surface area contributed by atoms with E-state index in [0.29, 0.717) is 6.61 Å². The van der Waals surface area contributed by atoms with Gasteiger partial charge >= 0.3 is 6.01 Å². The van der Waals surface area contributed by atoms with Crippen LogP contribution in [0.2, 0.25) is 0 Å². The van der Waals surface area contributed by atoms with E-state index < -0.39 is 30.1 Å². The number of nitrogens with zero attached hydrogens (tertiary/aromatic N) is 2. The van der Waals surface area contributed by atoms with E-state index in [1.54, 1.807) is 6.92 Å². The predicted octanol–water partition coefficient (Wildman–Crippen LogP) is -1.09. The molecule has 8 heteroatoms. The topological polar surface area (TPSA) is 103 Å². The van der Waals surface area contributed by atoms with Gasteiger partial charge in [-0.25, -0.2) is 0 Å². The summed E-state index contributed by atoms with van der Waals surface area (Å²) < 4.78 is 17.5. The molecule has 0 bridgehead atoms. The van der Waals surface area contributed by atoms with Gasteiger partial charge in [-0.1, -0.05) is 0 Å². The Bertz CT molecular complexity index is 505. The molecule has 1 aliphatic heterocycles. The standard InChI is InChI=1S/C12H18N2O6/c1-3-19-12-13-8(16)4-5-14(12)11-10(18-2)9(17)7(6-15)20-11/h4-5,7,9-11,15,17H,3,6H2,1-2H3/t7-,9-,10-,11-/m1/s1. The zero-order chi connectivity index (χ0) is 14.7. The van der Waals surface area contributed by atoms with Gasteiger partial charge < -0.3 is 24.4 Å². The molecular formula is C12H18N2O6. The molecule has 1 aromatic rings. The fourth-order valence-corrected chi connectivity index (χ4v) is 2.17. The molecule has 0 radical (unpaired) electrons. The molecule has 0 saturated carbocycles. The van der Waals surface area contributed by atoms with Crippen LogP contribution in [0.1, 0.15) is 13.2 Å². The van der Waals surface area contributed by atoms with Crippen molar-refractivity contribution in [1.29, 1.82) is 0 Å². The van der Waals surface area contributed by atoms with Crippen LogP contribution in [0.4, 0.5) is 0 Å². The number of hydrogen-bond donors (Lipinski definition) is 2. The van der Waals surface area contributed by atoms with E-state index in [0.717, 1.165) is 0 Å². The van der Waals surface area contributed by atoms with Crippen LogP contribution < -0.4 is 10.3 Å². The van der Waals surface area contributed by atoms with Gasteiger partial charge in [0.15, 0.2) is 6.23 Å². The van der Waals surface area contributed by atoms with Gasteiger partial charge in [-0.2, -0.15) is 4.98 Å². The van der Waals surface area contributed by atoms with Crippen molar-refractivity contribution in [3.05, 3.63) is 22.6 Å². The minimum Gasteiger partial charge on any atom is -0.465 e. The van der Waals surface area contributed by atoms with Gasteiger partial charge in [0.2, 0.25) is 0 Å². The fraction of sp³-hybridized carbons (Fsp3) is 0.667. The summed E-state index contributed by atoms with van der Waals surface area (Å²) in [6, 6.07) is 1.34. The summed E-state index contributed by atoms with van der Waals surface area (Å²) in [4.78, 5) is 15.1. The zero-order valence-corrected chi connectivity index (χ0v) is 11.3. The van der Waals surface area contributed by atoms with Crippen LogP contribution in [0, 0.1) is 0 Å². The first-order valence-electron chi connectivity index (χ1n) is 6.31. The maximum Gasteiger partial charge on any atom is 0.301 e. The number of ether oxygens (including phenoxy) is 3. The minimum absolute atomic E-state index is 0.0813. The van der Waals surface area contributed by atoms with E-state index in [9.17, 15) is 15.0 Å². The predicted molar refractivity (Wildman–Crippen MR) is 67.5 cm³/mol. The van der Waals surface area contributed by atoms with Gasteiger partial charge in [0, 0.05) is 19.4 Å². The molecule has 0 amide bonds. The van der Waals surface area contributed by atoms with E-state index in [1.807, 2.05) is 0 Å². The summed E-state index contributed by atoms with van der Waals surface area (Å²) in [5, 5.41) is 19.2. The summed E-state index contributed by atoms with van der Waals surface area (Å²) in [5.41, 5.74) is -0.434. The molecule has 0 spiro atoms. The van der Waals surface area contributed by atoms with E-state index in [4.69, 9.17) is 14.2 Å². The second-order valence-corrected chi connectivity index (χ2v) is 4.33. The Morgan fingerprint density at radius 3 is 2.90 bits per heavy atom. The average Bonchev–Trinajstić information content (AvgIpc) is 2.75. The van der Waals surface area contributed by atoms with E-state index >= 15 is 0 Å². The van der Waals surface area contributed by atoms with Gasteiger partial charge in [0.05, 0.1) is 13.2 Å². The van der Waals surface area contributed by atoms with Gasteiger partial charge in [0.1, 0.15) is 18.3 Å². The lowest BCUT2D eigenvalue weighted by molar-refractivity contribution is -0.0644. The molecule has 0 aliphatic carbocycles. The third-order valence-electron chi connectivity index (χ3n) is 3.12. The third kappa shape index (κ3) is 2.68. The largest absolute Gasteiger partial charge is 0.465 e. The third-order valence-corrected chi connectivity index (χ3v) is 3.12. The van der Waals surface area contributed by atoms with Crippen molar-refractivity contribution < 1.29 is 24.4 Å². The highest BCUT2D eigenvalue weighted by molar-refractivity contribution is 5.04. The lowest BCUT2D eigenvalue weighted by atomic mass is 10.1. The molecule has 4 atom stereocenters. The Balaban J connectivity index is 2.37. The van der Waals surface area contributed by atoms with Crippen molar-refractivity contribution in [3.63, 3.8) is 0 Å². The van der Waals surface area contributed by atoms with Crippen molar-refractivity contribution in [2.75, 3.05) is 20.3 Å². The van der Waals surface area contributed by atoms with Gasteiger partial charge in [0.25, 0.3) is 5.56 Å². The molecule has 0 unspecified atom stereocenters. The summed E-state index contributed by atoms with van der Waals surface area (Å²) >= 11 is 0. The van der Waals surface area contributed by atoms with E-state index in [-0.39, 0.29) is 12.6 Å². The Kier molecular flexibility index (Phi) is 4.71. The Morgan fingerprint density at radius 2 is 2.30 bits per heavy atom. The lowest BCUT2D eigenvalue weighted by Crippen LogP contribution is -2.35. The summed E-state index contributed by atoms with van der Waals surface area (Å²) in [6.45, 7) is 1.75. The summed E-state index contributed by atoms with van der Waals surface area (Å²) in [7, 11) is 1.43. The highest BCUT2D eigenvalue weighted by atomic mass is 16.6.